The maximum atomic E-state index is 5.40. The van der Waals surface area contributed by atoms with Crippen LogP contribution in [-0.4, -0.2) is 4.98 Å². The molecule has 0 aromatic carbocycles. The monoisotopic (exact) mass is 191 g/mol. The fraction of sp³-hybridized carbons (Fsp3) is 0.364. The molecule has 0 amide bonds. The van der Waals surface area contributed by atoms with Crippen LogP contribution in [0.3, 0.4) is 0 Å². The third-order valence-corrected chi connectivity index (χ3v) is 2.12. The Morgan fingerprint density at radius 2 is 2.21 bits per heavy atom. The molecule has 0 aliphatic rings. The van der Waals surface area contributed by atoms with Crippen LogP contribution >= 0.6 is 0 Å². The molecule has 0 aliphatic heterocycles. The van der Waals surface area contributed by atoms with Gasteiger partial charge in [0.15, 0.2) is 0 Å². The Morgan fingerprint density at radius 3 is 2.71 bits per heavy atom. The van der Waals surface area contributed by atoms with Crippen LogP contribution in [-0.2, 0) is 0 Å². The van der Waals surface area contributed by atoms with Gasteiger partial charge in [0.1, 0.15) is 5.82 Å². The molecule has 1 aromatic rings. The van der Waals surface area contributed by atoms with E-state index in [1.807, 2.05) is 25.1 Å². The number of allylic oxidation sites excluding steroid dienone is 1. The second-order valence-electron chi connectivity index (χ2n) is 3.46. The van der Waals surface area contributed by atoms with Gasteiger partial charge in [-0.3, -0.25) is 0 Å². The molecule has 0 saturated heterocycles. The minimum atomic E-state index is 0.469. The Labute approximate surface area is 85.0 Å². The predicted molar refractivity (Wildman–Crippen MR) is 60.8 cm³/mol. The number of aromatic nitrogens is 1. The Bertz CT molecular complexity index is 329. The predicted octanol–water partition coefficient (Wildman–Crippen LogP) is 2.52. The third kappa shape index (κ3) is 2.12. The molecule has 3 heteroatoms. The topological polar surface area (TPSA) is 50.9 Å². The molecule has 0 saturated carbocycles. The first kappa shape index (κ1) is 10.7. The van der Waals surface area contributed by atoms with Crippen molar-refractivity contribution < 1.29 is 0 Å². The lowest BCUT2D eigenvalue weighted by Gasteiger charge is -2.12. The van der Waals surface area contributed by atoms with Gasteiger partial charge in [0, 0.05) is 11.8 Å². The van der Waals surface area contributed by atoms with Crippen LogP contribution in [0, 0.1) is 0 Å². The molecule has 1 rings (SSSR count). The van der Waals surface area contributed by atoms with Gasteiger partial charge in [-0.05, 0) is 24.5 Å². The number of hydrazine groups is 1. The average molecular weight is 191 g/mol. The number of hydrogen-bond acceptors (Lipinski definition) is 3. The first-order valence-electron chi connectivity index (χ1n) is 4.79. The number of nitrogen functional groups attached to an aromatic ring is 1. The molecular formula is C11H17N3. The Morgan fingerprint density at radius 1 is 1.50 bits per heavy atom. The van der Waals surface area contributed by atoms with Crippen LogP contribution in [0.4, 0.5) is 5.82 Å². The molecule has 3 N–H and O–H groups in total. The SMILES string of the molecule is C/C=C\c1c(C(C)C)ccnc1NN. The van der Waals surface area contributed by atoms with Crippen molar-refractivity contribution in [3.63, 3.8) is 0 Å². The molecule has 0 radical (unpaired) electrons. The Kier molecular flexibility index (Phi) is 3.65. The molecule has 0 spiro atoms. The van der Waals surface area contributed by atoms with Gasteiger partial charge in [-0.15, -0.1) is 0 Å². The minimum absolute atomic E-state index is 0.469. The maximum absolute atomic E-state index is 5.40. The molecule has 0 fully saturated rings. The fourth-order valence-electron chi connectivity index (χ4n) is 1.45. The molecule has 0 atom stereocenters. The lowest BCUT2D eigenvalue weighted by Crippen LogP contribution is -2.11. The highest BCUT2D eigenvalue weighted by Gasteiger charge is 2.08. The van der Waals surface area contributed by atoms with E-state index in [4.69, 9.17) is 5.84 Å². The van der Waals surface area contributed by atoms with E-state index < -0.39 is 0 Å². The number of pyridine rings is 1. The van der Waals surface area contributed by atoms with Crippen LogP contribution < -0.4 is 11.3 Å². The van der Waals surface area contributed by atoms with Gasteiger partial charge in [-0.1, -0.05) is 26.0 Å². The Balaban J connectivity index is 3.27. The minimum Gasteiger partial charge on any atom is -0.308 e. The summed E-state index contributed by atoms with van der Waals surface area (Å²) in [6.07, 6.45) is 5.79. The summed E-state index contributed by atoms with van der Waals surface area (Å²) >= 11 is 0. The molecular weight excluding hydrogens is 174 g/mol. The van der Waals surface area contributed by atoms with Gasteiger partial charge < -0.3 is 5.43 Å². The summed E-state index contributed by atoms with van der Waals surface area (Å²) in [6, 6.07) is 2.03. The number of hydrogen-bond donors (Lipinski definition) is 2. The summed E-state index contributed by atoms with van der Waals surface area (Å²) in [6.45, 7) is 6.29. The number of nitrogens with one attached hydrogen (secondary N) is 1. The molecule has 76 valence electrons. The highest BCUT2D eigenvalue weighted by molar-refractivity contribution is 5.66. The summed E-state index contributed by atoms with van der Waals surface area (Å²) in [5.74, 6) is 6.60. The van der Waals surface area contributed by atoms with Crippen molar-refractivity contribution in [2.45, 2.75) is 26.7 Å². The van der Waals surface area contributed by atoms with Crippen LogP contribution in [0.5, 0.6) is 0 Å². The first-order chi connectivity index (χ1) is 6.70. The zero-order chi connectivity index (χ0) is 10.6. The molecule has 0 unspecified atom stereocenters. The molecule has 0 aliphatic carbocycles. The number of anilines is 1. The zero-order valence-corrected chi connectivity index (χ0v) is 8.91. The van der Waals surface area contributed by atoms with Gasteiger partial charge >= 0.3 is 0 Å². The number of nitrogens with zero attached hydrogens (tertiary/aromatic N) is 1. The van der Waals surface area contributed by atoms with E-state index in [1.165, 1.54) is 5.56 Å². The second-order valence-corrected chi connectivity index (χ2v) is 3.46. The summed E-state index contributed by atoms with van der Waals surface area (Å²) < 4.78 is 0. The fourth-order valence-corrected chi connectivity index (χ4v) is 1.45. The largest absolute Gasteiger partial charge is 0.308 e. The molecule has 0 bridgehead atoms. The van der Waals surface area contributed by atoms with Crippen LogP contribution in [0.15, 0.2) is 18.3 Å². The zero-order valence-electron chi connectivity index (χ0n) is 8.91. The molecule has 1 aromatic heterocycles. The Hall–Kier alpha value is -1.35. The second kappa shape index (κ2) is 4.77. The summed E-state index contributed by atoms with van der Waals surface area (Å²) in [5.41, 5.74) is 4.95. The van der Waals surface area contributed by atoms with Crippen molar-refractivity contribution in [1.29, 1.82) is 0 Å². The number of rotatable bonds is 3. The summed E-state index contributed by atoms with van der Waals surface area (Å²) in [7, 11) is 0. The lowest BCUT2D eigenvalue weighted by molar-refractivity contribution is 0.860. The van der Waals surface area contributed by atoms with E-state index in [1.54, 1.807) is 6.20 Å². The van der Waals surface area contributed by atoms with Crippen molar-refractivity contribution >= 4 is 11.9 Å². The molecule has 14 heavy (non-hydrogen) atoms. The van der Waals surface area contributed by atoms with E-state index >= 15 is 0 Å². The first-order valence-corrected chi connectivity index (χ1v) is 4.79. The average Bonchev–Trinajstić information content (AvgIpc) is 2.18. The van der Waals surface area contributed by atoms with E-state index in [-0.39, 0.29) is 0 Å². The van der Waals surface area contributed by atoms with Gasteiger partial charge in [0.25, 0.3) is 0 Å². The van der Waals surface area contributed by atoms with Crippen LogP contribution in [0.25, 0.3) is 6.08 Å². The summed E-state index contributed by atoms with van der Waals surface area (Å²) in [5, 5.41) is 0. The molecule has 3 nitrogen and oxygen atoms in total. The van der Waals surface area contributed by atoms with E-state index in [2.05, 4.69) is 24.3 Å². The van der Waals surface area contributed by atoms with Gasteiger partial charge in [0.2, 0.25) is 0 Å². The van der Waals surface area contributed by atoms with Crippen molar-refractivity contribution in [2.75, 3.05) is 5.43 Å². The maximum Gasteiger partial charge on any atom is 0.147 e. The van der Waals surface area contributed by atoms with Gasteiger partial charge in [-0.2, -0.15) is 0 Å². The standard InChI is InChI=1S/C11H17N3/c1-4-5-10-9(8(2)3)6-7-13-11(10)14-12/h4-8H,12H2,1-3H3,(H,13,14)/b5-4-. The van der Waals surface area contributed by atoms with E-state index in [0.29, 0.717) is 5.92 Å². The van der Waals surface area contributed by atoms with Crippen molar-refractivity contribution in [3.8, 4) is 0 Å². The normalized spacial score (nSPS) is 11.2. The van der Waals surface area contributed by atoms with Crippen molar-refractivity contribution in [1.82, 2.24) is 4.98 Å². The highest BCUT2D eigenvalue weighted by Crippen LogP contribution is 2.24. The third-order valence-electron chi connectivity index (χ3n) is 2.12. The van der Waals surface area contributed by atoms with Crippen LogP contribution in [0.2, 0.25) is 0 Å². The number of nitrogens with two attached hydrogens (primary N) is 1. The highest BCUT2D eigenvalue weighted by atomic mass is 15.2. The smallest absolute Gasteiger partial charge is 0.147 e. The summed E-state index contributed by atoms with van der Waals surface area (Å²) in [4.78, 5) is 4.17. The molecule has 1 heterocycles. The van der Waals surface area contributed by atoms with Gasteiger partial charge in [0.05, 0.1) is 0 Å². The van der Waals surface area contributed by atoms with E-state index in [9.17, 15) is 0 Å². The van der Waals surface area contributed by atoms with Crippen molar-refractivity contribution in [2.24, 2.45) is 5.84 Å². The van der Waals surface area contributed by atoms with Crippen molar-refractivity contribution in [3.05, 3.63) is 29.5 Å². The van der Waals surface area contributed by atoms with Crippen LogP contribution in [0.1, 0.15) is 37.8 Å². The quantitative estimate of drug-likeness (QED) is 0.570. The van der Waals surface area contributed by atoms with Gasteiger partial charge in [-0.25, -0.2) is 10.8 Å². The lowest BCUT2D eigenvalue weighted by atomic mass is 9.98. The van der Waals surface area contributed by atoms with E-state index in [0.717, 1.165) is 11.4 Å².